The van der Waals surface area contributed by atoms with Crippen LogP contribution < -0.4 is 0 Å². The van der Waals surface area contributed by atoms with Crippen molar-refractivity contribution in [1.82, 2.24) is 14.4 Å². The first kappa shape index (κ1) is 13.0. The number of ether oxygens (including phenoxy) is 1. The third kappa shape index (κ3) is 2.79. The fraction of sp³-hybridized carbons (Fsp3) is 0.0667. The Balaban J connectivity index is 1.73. The van der Waals surface area contributed by atoms with Gasteiger partial charge in [-0.25, -0.2) is 9.78 Å². The first-order valence-electron chi connectivity index (χ1n) is 6.26. The lowest BCUT2D eigenvalue weighted by atomic mass is 10.3. The Morgan fingerprint density at radius 2 is 2.19 bits per heavy atom. The number of imidazole rings is 1. The zero-order valence-electron chi connectivity index (χ0n) is 11.0. The molecule has 104 valence electrons. The molecule has 3 heterocycles. The second kappa shape index (κ2) is 5.54. The molecule has 0 atom stereocenters. The van der Waals surface area contributed by atoms with Gasteiger partial charge in [0, 0.05) is 30.4 Å². The van der Waals surface area contributed by atoms with Gasteiger partial charge in [-0.1, -0.05) is 0 Å². The van der Waals surface area contributed by atoms with Crippen molar-refractivity contribution < 1.29 is 14.3 Å². The number of nitrogens with zero attached hydrogens (tertiary/aromatic N) is 3. The van der Waals surface area contributed by atoms with Gasteiger partial charge in [-0.3, -0.25) is 9.78 Å². The number of esters is 1. The fourth-order valence-electron chi connectivity index (χ4n) is 1.91. The lowest BCUT2D eigenvalue weighted by molar-refractivity contribution is 0.0467. The van der Waals surface area contributed by atoms with Gasteiger partial charge in [0.25, 0.3) is 0 Å². The highest BCUT2D eigenvalue weighted by Gasteiger charge is 2.09. The summed E-state index contributed by atoms with van der Waals surface area (Å²) in [6.45, 7) is 0.0613. The Bertz CT molecular complexity index is 796. The maximum Gasteiger partial charge on any atom is 0.340 e. The van der Waals surface area contributed by atoms with Gasteiger partial charge in [-0.2, -0.15) is 0 Å². The molecule has 0 aliphatic carbocycles. The predicted octanol–water partition coefficient (Wildman–Crippen LogP) is 1.90. The Kier molecular flexibility index (Phi) is 3.42. The summed E-state index contributed by atoms with van der Waals surface area (Å²) in [5.41, 5.74) is 2.24. The van der Waals surface area contributed by atoms with E-state index in [1.807, 2.05) is 0 Å². The Morgan fingerprint density at radius 1 is 1.29 bits per heavy atom. The van der Waals surface area contributed by atoms with E-state index >= 15 is 0 Å². The molecule has 3 aromatic heterocycles. The third-order valence-corrected chi connectivity index (χ3v) is 2.91. The van der Waals surface area contributed by atoms with Gasteiger partial charge in [0.2, 0.25) is 0 Å². The molecule has 3 rings (SSSR count). The molecular formula is C15H11N3O3. The topological polar surface area (TPSA) is 73.6 Å². The summed E-state index contributed by atoms with van der Waals surface area (Å²) >= 11 is 0. The SMILES string of the molecule is O=Cc1ccc2nc(COC(=O)c3cccnc3)cn2c1. The minimum Gasteiger partial charge on any atom is -0.455 e. The van der Waals surface area contributed by atoms with Gasteiger partial charge in [0.15, 0.2) is 6.29 Å². The summed E-state index contributed by atoms with van der Waals surface area (Å²) in [6, 6.07) is 6.72. The highest BCUT2D eigenvalue weighted by molar-refractivity contribution is 5.88. The summed E-state index contributed by atoms with van der Waals surface area (Å²) < 4.78 is 6.90. The molecule has 3 aromatic rings. The van der Waals surface area contributed by atoms with Crippen molar-refractivity contribution in [2.24, 2.45) is 0 Å². The van der Waals surface area contributed by atoms with Crippen molar-refractivity contribution in [3.8, 4) is 0 Å². The zero-order chi connectivity index (χ0) is 14.7. The number of carbonyl (C=O) groups excluding carboxylic acids is 2. The van der Waals surface area contributed by atoms with E-state index in [9.17, 15) is 9.59 Å². The van der Waals surface area contributed by atoms with Crippen LogP contribution in [-0.2, 0) is 11.3 Å². The van der Waals surface area contributed by atoms with Gasteiger partial charge < -0.3 is 9.14 Å². The van der Waals surface area contributed by atoms with E-state index in [-0.39, 0.29) is 6.61 Å². The van der Waals surface area contributed by atoms with Crippen LogP contribution >= 0.6 is 0 Å². The first-order valence-corrected chi connectivity index (χ1v) is 6.26. The van der Waals surface area contributed by atoms with Gasteiger partial charge in [0.1, 0.15) is 12.3 Å². The molecule has 0 fully saturated rings. The molecular weight excluding hydrogens is 270 g/mol. The molecule has 0 aromatic carbocycles. The highest BCUT2D eigenvalue weighted by Crippen LogP contribution is 2.09. The second-order valence-electron chi connectivity index (χ2n) is 4.40. The van der Waals surface area contributed by atoms with Crippen molar-refractivity contribution >= 4 is 17.9 Å². The number of hydrogen-bond donors (Lipinski definition) is 0. The maximum absolute atomic E-state index is 11.8. The van der Waals surface area contributed by atoms with Crippen LogP contribution in [0, 0.1) is 0 Å². The number of fused-ring (bicyclic) bond motifs is 1. The van der Waals surface area contributed by atoms with E-state index < -0.39 is 5.97 Å². The van der Waals surface area contributed by atoms with E-state index in [4.69, 9.17) is 4.74 Å². The minimum atomic E-state index is -0.450. The van der Waals surface area contributed by atoms with Crippen LogP contribution in [0.1, 0.15) is 26.4 Å². The van der Waals surface area contributed by atoms with Gasteiger partial charge in [-0.05, 0) is 24.3 Å². The van der Waals surface area contributed by atoms with E-state index in [2.05, 4.69) is 9.97 Å². The molecule has 0 amide bonds. The van der Waals surface area contributed by atoms with Gasteiger partial charge in [-0.15, -0.1) is 0 Å². The van der Waals surface area contributed by atoms with Crippen molar-refractivity contribution in [3.63, 3.8) is 0 Å². The molecule has 0 saturated carbocycles. The van der Waals surface area contributed by atoms with E-state index in [0.717, 1.165) is 6.29 Å². The van der Waals surface area contributed by atoms with Crippen LogP contribution in [0.25, 0.3) is 5.65 Å². The molecule has 6 heteroatoms. The van der Waals surface area contributed by atoms with E-state index in [1.54, 1.807) is 47.3 Å². The number of aldehydes is 1. The molecule has 21 heavy (non-hydrogen) atoms. The highest BCUT2D eigenvalue weighted by atomic mass is 16.5. The van der Waals surface area contributed by atoms with Crippen LogP contribution in [0.5, 0.6) is 0 Å². The average molecular weight is 281 g/mol. The quantitative estimate of drug-likeness (QED) is 0.539. The molecule has 0 aliphatic heterocycles. The fourth-order valence-corrected chi connectivity index (χ4v) is 1.91. The number of carbonyl (C=O) groups is 2. The van der Waals surface area contributed by atoms with Crippen LogP contribution in [0.4, 0.5) is 0 Å². The van der Waals surface area contributed by atoms with Crippen molar-refractivity contribution in [2.45, 2.75) is 6.61 Å². The minimum absolute atomic E-state index is 0.0613. The summed E-state index contributed by atoms with van der Waals surface area (Å²) in [4.78, 5) is 30.7. The largest absolute Gasteiger partial charge is 0.455 e. The number of rotatable bonds is 4. The number of hydrogen-bond acceptors (Lipinski definition) is 5. The van der Waals surface area contributed by atoms with Crippen molar-refractivity contribution in [1.29, 1.82) is 0 Å². The summed E-state index contributed by atoms with van der Waals surface area (Å²) in [5.74, 6) is -0.450. The van der Waals surface area contributed by atoms with Crippen LogP contribution in [0.15, 0.2) is 49.1 Å². The van der Waals surface area contributed by atoms with E-state index in [0.29, 0.717) is 22.5 Å². The molecule has 0 aliphatic rings. The van der Waals surface area contributed by atoms with Crippen LogP contribution in [-0.4, -0.2) is 26.6 Å². The lowest BCUT2D eigenvalue weighted by Crippen LogP contribution is -2.05. The Morgan fingerprint density at radius 3 is 2.95 bits per heavy atom. The Hall–Kier alpha value is -3.02. The van der Waals surface area contributed by atoms with Crippen molar-refractivity contribution in [3.05, 3.63) is 65.9 Å². The smallest absolute Gasteiger partial charge is 0.340 e. The maximum atomic E-state index is 11.8. The first-order chi connectivity index (χ1) is 10.3. The van der Waals surface area contributed by atoms with Gasteiger partial charge in [0.05, 0.1) is 11.3 Å². The molecule has 6 nitrogen and oxygen atoms in total. The second-order valence-corrected chi connectivity index (χ2v) is 4.40. The Labute approximate surface area is 120 Å². The number of pyridine rings is 2. The molecule has 0 bridgehead atoms. The standard InChI is InChI=1S/C15H11N3O3/c19-9-11-3-4-14-17-13(8-18(14)7-11)10-21-15(20)12-2-1-5-16-6-12/h1-9H,10H2. The monoisotopic (exact) mass is 281 g/mol. The van der Waals surface area contributed by atoms with Crippen LogP contribution in [0.3, 0.4) is 0 Å². The van der Waals surface area contributed by atoms with Crippen molar-refractivity contribution in [2.75, 3.05) is 0 Å². The number of aromatic nitrogens is 3. The lowest BCUT2D eigenvalue weighted by Gasteiger charge is -2.01. The normalized spacial score (nSPS) is 10.5. The van der Waals surface area contributed by atoms with Crippen LogP contribution in [0.2, 0.25) is 0 Å². The molecule has 0 saturated heterocycles. The average Bonchev–Trinajstić information content (AvgIpc) is 2.95. The molecule has 0 N–H and O–H groups in total. The van der Waals surface area contributed by atoms with Gasteiger partial charge >= 0.3 is 5.97 Å². The summed E-state index contributed by atoms with van der Waals surface area (Å²) in [6.07, 6.45) is 7.19. The zero-order valence-corrected chi connectivity index (χ0v) is 11.0. The third-order valence-electron chi connectivity index (χ3n) is 2.91. The summed E-state index contributed by atoms with van der Waals surface area (Å²) in [7, 11) is 0. The van der Waals surface area contributed by atoms with E-state index in [1.165, 1.54) is 6.20 Å². The summed E-state index contributed by atoms with van der Waals surface area (Å²) in [5, 5.41) is 0. The predicted molar refractivity (Wildman–Crippen MR) is 73.9 cm³/mol. The molecule has 0 spiro atoms. The molecule has 0 radical (unpaired) electrons. The molecule has 0 unspecified atom stereocenters.